The van der Waals surface area contributed by atoms with E-state index in [4.69, 9.17) is 28.4 Å². The summed E-state index contributed by atoms with van der Waals surface area (Å²) < 4.78 is 32.6. The normalized spacial score (nSPS) is 26.3. The molecule has 1 N–H and O–H groups in total. The van der Waals surface area contributed by atoms with Crippen LogP contribution in [0.4, 0.5) is 4.79 Å². The number of carbonyl (C=O) groups excluding carboxylic acids is 5. The highest BCUT2D eigenvalue weighted by Gasteiger charge is 2.60. The first kappa shape index (κ1) is 27.3. The van der Waals surface area contributed by atoms with Gasteiger partial charge in [0.2, 0.25) is 4.93 Å². The molecule has 1 aromatic carbocycles. The minimum atomic E-state index is -1.73. The number of carbonyl (C=O) groups is 5. The van der Waals surface area contributed by atoms with E-state index >= 15 is 0 Å². The van der Waals surface area contributed by atoms with Gasteiger partial charge in [0.25, 0.3) is 0 Å². The summed E-state index contributed by atoms with van der Waals surface area (Å²) in [5.74, 6) is -2.96. The van der Waals surface area contributed by atoms with Crippen LogP contribution in [0.2, 0.25) is 0 Å². The standard InChI is InChI=1S/C23H27NO11S/c1-12(25)31-11-17(32-13(2)26)19(33-14(3)27)20-18-16(34-22(29)24-18)10-23(35-20,21(28)30-4)36-15-8-6-5-7-9-15/h5-9,16-20H,10-11H2,1-4H3,(H,24,29)/t16-,17+,18+,19+,20+,23-/m0/s1. The monoisotopic (exact) mass is 525 g/mol. The van der Waals surface area contributed by atoms with E-state index in [0.29, 0.717) is 4.90 Å². The summed E-state index contributed by atoms with van der Waals surface area (Å²) in [5, 5.41) is 2.60. The first-order chi connectivity index (χ1) is 17.0. The lowest BCUT2D eigenvalue weighted by Crippen LogP contribution is -2.64. The number of hydrogen-bond donors (Lipinski definition) is 1. The van der Waals surface area contributed by atoms with E-state index in [1.54, 1.807) is 30.3 Å². The van der Waals surface area contributed by atoms with Crippen LogP contribution in [0.15, 0.2) is 35.2 Å². The van der Waals surface area contributed by atoms with Gasteiger partial charge in [0.05, 0.1) is 13.2 Å². The van der Waals surface area contributed by atoms with Crippen molar-refractivity contribution in [2.45, 2.75) is 67.5 Å². The van der Waals surface area contributed by atoms with Gasteiger partial charge in [-0.05, 0) is 12.1 Å². The Labute approximate surface area is 211 Å². The average molecular weight is 526 g/mol. The zero-order valence-corrected chi connectivity index (χ0v) is 20.9. The summed E-state index contributed by atoms with van der Waals surface area (Å²) in [6, 6.07) is 7.95. The van der Waals surface area contributed by atoms with Crippen molar-refractivity contribution in [1.29, 1.82) is 0 Å². The van der Waals surface area contributed by atoms with Crippen LogP contribution in [-0.4, -0.2) is 79.1 Å². The Morgan fingerprint density at radius 1 is 1.08 bits per heavy atom. The summed E-state index contributed by atoms with van der Waals surface area (Å²) in [7, 11) is 1.19. The lowest BCUT2D eigenvalue weighted by Gasteiger charge is -2.45. The van der Waals surface area contributed by atoms with Gasteiger partial charge in [-0.15, -0.1) is 0 Å². The van der Waals surface area contributed by atoms with Crippen molar-refractivity contribution < 1.29 is 52.4 Å². The topological polar surface area (TPSA) is 153 Å². The molecular formula is C23H27NO11S. The van der Waals surface area contributed by atoms with Crippen LogP contribution in [0.5, 0.6) is 0 Å². The summed E-state index contributed by atoms with van der Waals surface area (Å²) >= 11 is 1.03. The Morgan fingerprint density at radius 3 is 2.33 bits per heavy atom. The molecule has 6 atom stereocenters. The smallest absolute Gasteiger partial charge is 0.407 e. The maximum absolute atomic E-state index is 13.1. The van der Waals surface area contributed by atoms with E-state index in [0.717, 1.165) is 32.5 Å². The molecular weight excluding hydrogens is 498 g/mol. The number of nitrogens with one attached hydrogen (secondary N) is 1. The molecule has 2 aliphatic rings. The first-order valence-electron chi connectivity index (χ1n) is 11.0. The summed E-state index contributed by atoms with van der Waals surface area (Å²) in [5.41, 5.74) is 0. The SMILES string of the molecule is COC(=O)[C@@]1(Sc2ccccc2)C[C@@H]2OC(=O)N[C@H]2[C@H]([C@H](OC(C)=O)[C@@H](COC(C)=O)OC(C)=O)O1. The predicted octanol–water partition coefficient (Wildman–Crippen LogP) is 1.34. The zero-order chi connectivity index (χ0) is 26.5. The quantitative estimate of drug-likeness (QED) is 0.366. The summed E-state index contributed by atoms with van der Waals surface area (Å²) in [6.07, 6.45) is -5.75. The number of amides is 1. The molecule has 0 unspecified atom stereocenters. The third-order valence-corrected chi connectivity index (χ3v) is 6.64. The molecule has 0 aromatic heterocycles. The van der Waals surface area contributed by atoms with E-state index in [1.807, 2.05) is 0 Å². The minimum absolute atomic E-state index is 0.0892. The number of hydrogen-bond acceptors (Lipinski definition) is 12. The fourth-order valence-electron chi connectivity index (χ4n) is 4.04. The third kappa shape index (κ3) is 6.46. The average Bonchev–Trinajstić information content (AvgIpc) is 3.19. The van der Waals surface area contributed by atoms with Crippen molar-refractivity contribution in [3.05, 3.63) is 30.3 Å². The minimum Gasteiger partial charge on any atom is -0.466 e. The van der Waals surface area contributed by atoms with Crippen LogP contribution in [-0.2, 0) is 47.6 Å². The van der Waals surface area contributed by atoms with E-state index < -0.39 is 72.0 Å². The second kappa shape index (κ2) is 11.6. The fourth-order valence-corrected chi connectivity index (χ4v) is 5.29. The molecule has 3 rings (SSSR count). The van der Waals surface area contributed by atoms with Crippen LogP contribution in [0.3, 0.4) is 0 Å². The first-order valence-corrected chi connectivity index (χ1v) is 11.8. The molecule has 0 radical (unpaired) electrons. The summed E-state index contributed by atoms with van der Waals surface area (Å²) in [6.45, 7) is 2.93. The maximum Gasteiger partial charge on any atom is 0.407 e. The molecule has 0 saturated carbocycles. The number of benzene rings is 1. The van der Waals surface area contributed by atoms with Crippen molar-refractivity contribution in [3.8, 4) is 0 Å². The van der Waals surface area contributed by atoms with Crippen molar-refractivity contribution in [1.82, 2.24) is 5.32 Å². The molecule has 2 fully saturated rings. The number of alkyl carbamates (subject to hydrolysis) is 1. The number of esters is 4. The van der Waals surface area contributed by atoms with E-state index in [9.17, 15) is 24.0 Å². The molecule has 1 aromatic rings. The van der Waals surface area contributed by atoms with Gasteiger partial charge in [-0.1, -0.05) is 30.0 Å². The molecule has 0 spiro atoms. The Hall–Kier alpha value is -3.32. The zero-order valence-electron chi connectivity index (χ0n) is 20.1. The van der Waals surface area contributed by atoms with Crippen molar-refractivity contribution in [2.75, 3.05) is 13.7 Å². The largest absolute Gasteiger partial charge is 0.466 e. The summed E-state index contributed by atoms with van der Waals surface area (Å²) in [4.78, 5) is 59.7. The van der Waals surface area contributed by atoms with Crippen molar-refractivity contribution in [3.63, 3.8) is 0 Å². The van der Waals surface area contributed by atoms with Crippen LogP contribution < -0.4 is 5.32 Å². The third-order valence-electron chi connectivity index (χ3n) is 5.38. The Kier molecular flexibility index (Phi) is 8.79. The lowest BCUT2D eigenvalue weighted by atomic mass is 9.90. The van der Waals surface area contributed by atoms with E-state index in [2.05, 4.69) is 5.32 Å². The Morgan fingerprint density at radius 2 is 1.75 bits per heavy atom. The van der Waals surface area contributed by atoms with Gasteiger partial charge in [0.15, 0.2) is 12.2 Å². The number of rotatable bonds is 9. The number of fused-ring (bicyclic) bond motifs is 1. The van der Waals surface area contributed by atoms with Gasteiger partial charge < -0.3 is 33.7 Å². The molecule has 1 amide bonds. The molecule has 0 bridgehead atoms. The van der Waals surface area contributed by atoms with Gasteiger partial charge in [-0.25, -0.2) is 9.59 Å². The molecule has 0 aliphatic carbocycles. The van der Waals surface area contributed by atoms with Crippen LogP contribution in [0.1, 0.15) is 27.2 Å². The fraction of sp³-hybridized carbons (Fsp3) is 0.522. The number of methoxy groups -OCH3 is 1. The predicted molar refractivity (Wildman–Crippen MR) is 121 cm³/mol. The van der Waals surface area contributed by atoms with E-state index in [1.165, 1.54) is 7.11 Å². The van der Waals surface area contributed by atoms with Crippen LogP contribution in [0.25, 0.3) is 0 Å². The Balaban J connectivity index is 2.07. The molecule has 2 heterocycles. The van der Waals surface area contributed by atoms with Gasteiger partial charge in [-0.2, -0.15) is 0 Å². The second-order valence-corrected chi connectivity index (χ2v) is 9.42. The number of thioether (sulfide) groups is 1. The van der Waals surface area contributed by atoms with Gasteiger partial charge in [0.1, 0.15) is 18.8 Å². The van der Waals surface area contributed by atoms with Crippen LogP contribution in [0, 0.1) is 0 Å². The van der Waals surface area contributed by atoms with Crippen molar-refractivity contribution >= 4 is 41.7 Å². The molecule has 2 saturated heterocycles. The van der Waals surface area contributed by atoms with Crippen molar-refractivity contribution in [2.24, 2.45) is 0 Å². The molecule has 13 heteroatoms. The molecule has 36 heavy (non-hydrogen) atoms. The second-order valence-electron chi connectivity index (χ2n) is 8.08. The van der Waals surface area contributed by atoms with Gasteiger partial charge in [0, 0.05) is 32.1 Å². The highest BCUT2D eigenvalue weighted by atomic mass is 32.2. The maximum atomic E-state index is 13.1. The number of ether oxygens (including phenoxy) is 6. The van der Waals surface area contributed by atoms with Gasteiger partial charge in [-0.3, -0.25) is 14.4 Å². The molecule has 2 aliphatic heterocycles. The van der Waals surface area contributed by atoms with Crippen LogP contribution >= 0.6 is 11.8 Å². The highest BCUT2D eigenvalue weighted by molar-refractivity contribution is 8.01. The Bertz CT molecular complexity index is 1000. The highest BCUT2D eigenvalue weighted by Crippen LogP contribution is 2.46. The lowest BCUT2D eigenvalue weighted by molar-refractivity contribution is -0.214. The molecule has 196 valence electrons. The van der Waals surface area contributed by atoms with E-state index in [-0.39, 0.29) is 6.42 Å². The molecule has 12 nitrogen and oxygen atoms in total. The van der Waals surface area contributed by atoms with Gasteiger partial charge >= 0.3 is 30.0 Å².